The van der Waals surface area contributed by atoms with E-state index in [2.05, 4.69) is 15.5 Å². The van der Waals surface area contributed by atoms with Crippen molar-refractivity contribution in [3.63, 3.8) is 0 Å². The average molecular weight is 443 g/mol. The topological polar surface area (TPSA) is 82.2 Å². The standard InChI is InChI=1S/C21H19ClN4O3S/c1-28-15-7-4-6-14(12-15)26-20(18-10-5-11-29-18)24-25-21(26)30-13-19(27)23-17-9-3-2-8-16(17)22/h3-7,9-12H,2,8,13H2,1H3,(H,23,27). The van der Waals surface area contributed by atoms with Crippen molar-refractivity contribution in [3.8, 4) is 23.0 Å². The molecule has 0 fully saturated rings. The van der Waals surface area contributed by atoms with Crippen LogP contribution in [0, 0.1) is 0 Å². The number of thioether (sulfide) groups is 1. The molecule has 1 N–H and O–H groups in total. The van der Waals surface area contributed by atoms with Crippen molar-refractivity contribution in [2.75, 3.05) is 12.9 Å². The Hall–Kier alpha value is -2.97. The summed E-state index contributed by atoms with van der Waals surface area (Å²) in [6, 6.07) is 11.1. The molecule has 1 amide bonds. The number of methoxy groups -OCH3 is 1. The van der Waals surface area contributed by atoms with E-state index in [1.165, 1.54) is 11.8 Å². The summed E-state index contributed by atoms with van der Waals surface area (Å²) >= 11 is 7.47. The Bertz CT molecular complexity index is 1110. The van der Waals surface area contributed by atoms with Crippen molar-refractivity contribution in [1.82, 2.24) is 20.1 Å². The molecule has 0 spiro atoms. The van der Waals surface area contributed by atoms with Gasteiger partial charge in [-0.2, -0.15) is 0 Å². The van der Waals surface area contributed by atoms with Crippen LogP contribution in [0.1, 0.15) is 12.8 Å². The van der Waals surface area contributed by atoms with Gasteiger partial charge in [-0.3, -0.25) is 9.36 Å². The molecule has 0 saturated heterocycles. The van der Waals surface area contributed by atoms with Gasteiger partial charge in [0.05, 0.1) is 30.5 Å². The van der Waals surface area contributed by atoms with Crippen LogP contribution in [0.5, 0.6) is 5.75 Å². The molecule has 0 radical (unpaired) electrons. The highest BCUT2D eigenvalue weighted by Gasteiger charge is 2.20. The van der Waals surface area contributed by atoms with Gasteiger partial charge in [0.25, 0.3) is 0 Å². The fraction of sp³-hybridized carbons (Fsp3) is 0.190. The SMILES string of the molecule is COc1cccc(-n2c(SCC(=O)NC3=C(Cl)CCC=C3)nnc2-c2ccco2)c1. The quantitative estimate of drug-likeness (QED) is 0.541. The molecule has 0 unspecified atom stereocenters. The number of benzene rings is 1. The van der Waals surface area contributed by atoms with E-state index >= 15 is 0 Å². The minimum absolute atomic E-state index is 0.155. The van der Waals surface area contributed by atoms with Crippen molar-refractivity contribution in [2.45, 2.75) is 18.0 Å². The normalized spacial score (nSPS) is 13.5. The summed E-state index contributed by atoms with van der Waals surface area (Å²) < 4.78 is 12.7. The lowest BCUT2D eigenvalue weighted by Gasteiger charge is -2.13. The van der Waals surface area contributed by atoms with Crippen LogP contribution in [0.3, 0.4) is 0 Å². The number of hydrogen-bond acceptors (Lipinski definition) is 6. The van der Waals surface area contributed by atoms with E-state index in [9.17, 15) is 4.79 Å². The largest absolute Gasteiger partial charge is 0.497 e. The zero-order valence-electron chi connectivity index (χ0n) is 16.2. The molecule has 0 atom stereocenters. The number of furan rings is 1. The van der Waals surface area contributed by atoms with Gasteiger partial charge in [-0.15, -0.1) is 10.2 Å². The van der Waals surface area contributed by atoms with Crippen molar-refractivity contribution in [2.24, 2.45) is 0 Å². The first-order chi connectivity index (χ1) is 14.7. The van der Waals surface area contributed by atoms with Gasteiger partial charge in [-0.05, 0) is 43.2 Å². The Balaban J connectivity index is 1.59. The maximum Gasteiger partial charge on any atom is 0.234 e. The summed E-state index contributed by atoms with van der Waals surface area (Å²) in [5.74, 6) is 1.80. The van der Waals surface area contributed by atoms with E-state index < -0.39 is 0 Å². The monoisotopic (exact) mass is 442 g/mol. The lowest BCUT2D eigenvalue weighted by molar-refractivity contribution is -0.117. The first kappa shape index (κ1) is 20.3. The molecule has 0 aliphatic heterocycles. The fourth-order valence-corrected chi connectivity index (χ4v) is 3.94. The zero-order chi connectivity index (χ0) is 20.9. The lowest BCUT2D eigenvalue weighted by atomic mass is 10.1. The minimum atomic E-state index is -0.167. The van der Waals surface area contributed by atoms with Crippen LogP contribution in [0.4, 0.5) is 0 Å². The van der Waals surface area contributed by atoms with Crippen molar-refractivity contribution in [1.29, 1.82) is 0 Å². The Labute approximate surface area is 182 Å². The van der Waals surface area contributed by atoms with Gasteiger partial charge in [0.15, 0.2) is 10.9 Å². The summed E-state index contributed by atoms with van der Waals surface area (Å²) in [6.07, 6.45) is 7.02. The van der Waals surface area contributed by atoms with E-state index in [1.807, 2.05) is 47.1 Å². The van der Waals surface area contributed by atoms with Crippen LogP contribution in [-0.4, -0.2) is 33.5 Å². The Morgan fingerprint density at radius 3 is 3.00 bits per heavy atom. The predicted octanol–water partition coefficient (Wildman–Crippen LogP) is 4.54. The molecule has 7 nitrogen and oxygen atoms in total. The van der Waals surface area contributed by atoms with Crippen LogP contribution in [0.25, 0.3) is 17.3 Å². The molecule has 0 saturated carbocycles. The first-order valence-electron chi connectivity index (χ1n) is 9.27. The lowest BCUT2D eigenvalue weighted by Crippen LogP contribution is -2.25. The van der Waals surface area contributed by atoms with Gasteiger partial charge in [0, 0.05) is 11.1 Å². The second-order valence-corrected chi connectivity index (χ2v) is 7.82. The number of nitrogens with one attached hydrogen (secondary N) is 1. The third-order valence-corrected chi connectivity index (χ3v) is 5.72. The Morgan fingerprint density at radius 2 is 2.23 bits per heavy atom. The third-order valence-electron chi connectivity index (χ3n) is 4.40. The second-order valence-electron chi connectivity index (χ2n) is 6.42. The number of aromatic nitrogens is 3. The number of hydrogen-bond donors (Lipinski definition) is 1. The van der Waals surface area contributed by atoms with Crippen LogP contribution >= 0.6 is 23.4 Å². The minimum Gasteiger partial charge on any atom is -0.497 e. The van der Waals surface area contributed by atoms with Crippen molar-refractivity contribution in [3.05, 3.63) is 65.5 Å². The number of allylic oxidation sites excluding steroid dienone is 3. The number of amides is 1. The average Bonchev–Trinajstić information content (AvgIpc) is 3.43. The molecule has 30 heavy (non-hydrogen) atoms. The van der Waals surface area contributed by atoms with Gasteiger partial charge in [0.2, 0.25) is 11.7 Å². The smallest absolute Gasteiger partial charge is 0.234 e. The van der Waals surface area contributed by atoms with Crippen LogP contribution in [0.15, 0.2) is 75.1 Å². The Morgan fingerprint density at radius 1 is 1.33 bits per heavy atom. The Kier molecular flexibility index (Phi) is 6.25. The second kappa shape index (κ2) is 9.23. The van der Waals surface area contributed by atoms with E-state index in [1.54, 1.807) is 19.4 Å². The summed E-state index contributed by atoms with van der Waals surface area (Å²) in [4.78, 5) is 12.5. The molecule has 1 aliphatic carbocycles. The highest BCUT2D eigenvalue weighted by Crippen LogP contribution is 2.30. The van der Waals surface area contributed by atoms with Gasteiger partial charge in [0.1, 0.15) is 5.75 Å². The van der Waals surface area contributed by atoms with E-state index in [0.29, 0.717) is 33.2 Å². The van der Waals surface area contributed by atoms with Gasteiger partial charge < -0.3 is 14.5 Å². The molecule has 4 rings (SSSR count). The summed E-state index contributed by atoms with van der Waals surface area (Å²) in [7, 11) is 1.61. The molecular formula is C21H19ClN4O3S. The zero-order valence-corrected chi connectivity index (χ0v) is 17.7. The number of nitrogens with zero attached hydrogens (tertiary/aromatic N) is 3. The highest BCUT2D eigenvalue weighted by atomic mass is 35.5. The van der Waals surface area contributed by atoms with E-state index in [4.69, 9.17) is 20.8 Å². The maximum absolute atomic E-state index is 12.5. The van der Waals surface area contributed by atoms with E-state index in [0.717, 1.165) is 18.5 Å². The molecule has 3 aromatic rings. The van der Waals surface area contributed by atoms with Crippen LogP contribution in [-0.2, 0) is 4.79 Å². The number of halogens is 1. The molecule has 1 aromatic carbocycles. The number of rotatable bonds is 7. The molecule has 0 bridgehead atoms. The molecule has 1 aliphatic rings. The predicted molar refractivity (Wildman–Crippen MR) is 116 cm³/mol. The van der Waals surface area contributed by atoms with Gasteiger partial charge in [-0.25, -0.2) is 0 Å². The first-order valence-corrected chi connectivity index (χ1v) is 10.6. The third kappa shape index (κ3) is 4.44. The van der Waals surface area contributed by atoms with Crippen molar-refractivity contribution >= 4 is 29.3 Å². The highest BCUT2D eigenvalue weighted by molar-refractivity contribution is 7.99. The van der Waals surface area contributed by atoms with Gasteiger partial charge in [-0.1, -0.05) is 35.5 Å². The van der Waals surface area contributed by atoms with Crippen LogP contribution in [0.2, 0.25) is 0 Å². The molecule has 2 aromatic heterocycles. The summed E-state index contributed by atoms with van der Waals surface area (Å²) in [5.41, 5.74) is 1.45. The van der Waals surface area contributed by atoms with Crippen LogP contribution < -0.4 is 10.1 Å². The molecule has 2 heterocycles. The molecule has 154 valence electrons. The summed E-state index contributed by atoms with van der Waals surface area (Å²) in [5, 5.41) is 12.6. The number of ether oxygens (including phenoxy) is 1. The molecular weight excluding hydrogens is 424 g/mol. The maximum atomic E-state index is 12.5. The van der Waals surface area contributed by atoms with Gasteiger partial charge >= 0.3 is 0 Å². The number of carbonyl (C=O) groups excluding carboxylic acids is 1. The van der Waals surface area contributed by atoms with Crippen molar-refractivity contribution < 1.29 is 13.9 Å². The molecule has 9 heteroatoms. The van der Waals surface area contributed by atoms with E-state index in [-0.39, 0.29) is 11.7 Å². The summed E-state index contributed by atoms with van der Waals surface area (Å²) in [6.45, 7) is 0. The number of carbonyl (C=O) groups is 1. The fourth-order valence-electron chi connectivity index (χ4n) is 2.97.